The molecular weight excluding hydrogens is 243 g/mol. The van der Waals surface area contributed by atoms with Crippen molar-refractivity contribution in [1.29, 1.82) is 0 Å². The molecule has 5 heteroatoms. The number of aryl methyl sites for hydroxylation is 1. The number of hydrogen-bond acceptors (Lipinski definition) is 4. The molecular formula is C14H17FN4. The van der Waals surface area contributed by atoms with Crippen molar-refractivity contribution >= 4 is 0 Å². The fourth-order valence-corrected chi connectivity index (χ4v) is 1.66. The summed E-state index contributed by atoms with van der Waals surface area (Å²) in [6, 6.07) is 5.27. The maximum absolute atomic E-state index is 12.9. The molecule has 0 fully saturated rings. The van der Waals surface area contributed by atoms with Crippen LogP contribution in [0.3, 0.4) is 0 Å². The quantitative estimate of drug-likeness (QED) is 0.917. The second-order valence-corrected chi connectivity index (χ2v) is 4.72. The third kappa shape index (κ3) is 3.79. The van der Waals surface area contributed by atoms with Crippen molar-refractivity contribution in [2.45, 2.75) is 33.4 Å². The van der Waals surface area contributed by atoms with Gasteiger partial charge in [-0.05, 0) is 25.1 Å². The van der Waals surface area contributed by atoms with Crippen LogP contribution in [0, 0.1) is 12.7 Å². The summed E-state index contributed by atoms with van der Waals surface area (Å²) in [7, 11) is 0. The molecule has 0 aliphatic heterocycles. The molecule has 0 spiro atoms. The van der Waals surface area contributed by atoms with Crippen molar-refractivity contribution in [3.05, 3.63) is 41.6 Å². The van der Waals surface area contributed by atoms with Crippen LogP contribution in [0.2, 0.25) is 0 Å². The van der Waals surface area contributed by atoms with E-state index in [9.17, 15) is 4.39 Å². The second-order valence-electron chi connectivity index (χ2n) is 4.72. The van der Waals surface area contributed by atoms with Crippen LogP contribution in [0.15, 0.2) is 24.4 Å². The van der Waals surface area contributed by atoms with E-state index in [1.54, 1.807) is 6.07 Å². The Balaban J connectivity index is 2.28. The number of nitrogens with one attached hydrogen (secondary N) is 1. The third-order valence-corrected chi connectivity index (χ3v) is 2.56. The van der Waals surface area contributed by atoms with Crippen LogP contribution in [0.5, 0.6) is 0 Å². The summed E-state index contributed by atoms with van der Waals surface area (Å²) in [6.45, 7) is 6.75. The highest BCUT2D eigenvalue weighted by atomic mass is 19.1. The van der Waals surface area contributed by atoms with Gasteiger partial charge in [0.25, 0.3) is 0 Å². The summed E-state index contributed by atoms with van der Waals surface area (Å²) >= 11 is 0. The van der Waals surface area contributed by atoms with E-state index in [1.165, 1.54) is 12.3 Å². The first-order valence-corrected chi connectivity index (χ1v) is 6.24. The molecule has 0 aromatic carbocycles. The monoisotopic (exact) mass is 260 g/mol. The summed E-state index contributed by atoms with van der Waals surface area (Å²) in [5, 5.41) is 3.31. The zero-order valence-corrected chi connectivity index (χ0v) is 11.3. The van der Waals surface area contributed by atoms with Crippen LogP contribution >= 0.6 is 0 Å². The first kappa shape index (κ1) is 13.5. The zero-order valence-electron chi connectivity index (χ0n) is 11.3. The van der Waals surface area contributed by atoms with Crippen molar-refractivity contribution in [3.8, 4) is 11.5 Å². The Morgan fingerprint density at radius 1 is 1.26 bits per heavy atom. The molecule has 2 rings (SSSR count). The zero-order chi connectivity index (χ0) is 13.8. The molecule has 0 bridgehead atoms. The summed E-state index contributed by atoms with van der Waals surface area (Å²) in [4.78, 5) is 12.8. The number of aromatic nitrogens is 3. The van der Waals surface area contributed by atoms with E-state index in [-0.39, 0.29) is 5.82 Å². The molecule has 1 N–H and O–H groups in total. The van der Waals surface area contributed by atoms with Crippen LogP contribution in [0.1, 0.15) is 25.2 Å². The van der Waals surface area contributed by atoms with Gasteiger partial charge in [-0.3, -0.25) is 0 Å². The highest BCUT2D eigenvalue weighted by Crippen LogP contribution is 2.13. The van der Waals surface area contributed by atoms with Crippen LogP contribution in [0.25, 0.3) is 11.5 Å². The predicted molar refractivity (Wildman–Crippen MR) is 71.9 cm³/mol. The molecule has 19 heavy (non-hydrogen) atoms. The van der Waals surface area contributed by atoms with Crippen LogP contribution in [0.4, 0.5) is 4.39 Å². The normalized spacial score (nSPS) is 11.0. The van der Waals surface area contributed by atoms with Crippen LogP contribution in [-0.2, 0) is 6.54 Å². The van der Waals surface area contributed by atoms with Crippen molar-refractivity contribution in [2.24, 2.45) is 0 Å². The summed E-state index contributed by atoms with van der Waals surface area (Å²) < 4.78 is 12.9. The molecule has 0 unspecified atom stereocenters. The van der Waals surface area contributed by atoms with E-state index in [4.69, 9.17) is 0 Å². The highest BCUT2D eigenvalue weighted by molar-refractivity contribution is 5.48. The molecule has 0 radical (unpaired) electrons. The number of pyridine rings is 1. The Hall–Kier alpha value is -1.88. The van der Waals surface area contributed by atoms with Gasteiger partial charge in [0.2, 0.25) is 0 Å². The Kier molecular flexibility index (Phi) is 4.16. The Labute approximate surface area is 112 Å². The molecule has 0 saturated heterocycles. The minimum absolute atomic E-state index is 0.363. The topological polar surface area (TPSA) is 50.7 Å². The summed E-state index contributed by atoms with van der Waals surface area (Å²) in [5.74, 6) is 0.165. The predicted octanol–water partition coefficient (Wildman–Crippen LogP) is 2.48. The van der Waals surface area contributed by atoms with Gasteiger partial charge >= 0.3 is 0 Å². The lowest BCUT2D eigenvalue weighted by Gasteiger charge is -2.09. The lowest BCUT2D eigenvalue weighted by Crippen LogP contribution is -2.22. The molecule has 2 aromatic rings. The Bertz CT molecular complexity index is 552. The van der Waals surface area contributed by atoms with E-state index in [0.717, 1.165) is 11.4 Å². The van der Waals surface area contributed by atoms with Gasteiger partial charge < -0.3 is 5.32 Å². The van der Waals surface area contributed by atoms with Gasteiger partial charge in [0, 0.05) is 18.3 Å². The molecule has 4 nitrogen and oxygen atoms in total. The van der Waals surface area contributed by atoms with Gasteiger partial charge in [0.15, 0.2) is 5.82 Å². The molecule has 100 valence electrons. The van der Waals surface area contributed by atoms with Gasteiger partial charge in [-0.2, -0.15) is 0 Å². The van der Waals surface area contributed by atoms with Gasteiger partial charge in [-0.15, -0.1) is 0 Å². The minimum atomic E-state index is -0.363. The third-order valence-electron chi connectivity index (χ3n) is 2.56. The van der Waals surface area contributed by atoms with Crippen LogP contribution in [-0.4, -0.2) is 21.0 Å². The fourth-order valence-electron chi connectivity index (χ4n) is 1.66. The fraction of sp³-hybridized carbons (Fsp3) is 0.357. The van der Waals surface area contributed by atoms with Crippen molar-refractivity contribution < 1.29 is 4.39 Å². The van der Waals surface area contributed by atoms with Gasteiger partial charge in [0.05, 0.1) is 11.9 Å². The lowest BCUT2D eigenvalue weighted by atomic mass is 10.2. The molecule has 0 atom stereocenters. The Morgan fingerprint density at radius 3 is 2.68 bits per heavy atom. The van der Waals surface area contributed by atoms with E-state index in [0.29, 0.717) is 24.1 Å². The molecule has 2 aromatic heterocycles. The number of halogens is 1. The van der Waals surface area contributed by atoms with Crippen LogP contribution < -0.4 is 5.32 Å². The average molecular weight is 260 g/mol. The summed E-state index contributed by atoms with van der Waals surface area (Å²) in [6.07, 6.45) is 1.17. The van der Waals surface area contributed by atoms with Crippen molar-refractivity contribution in [2.75, 3.05) is 0 Å². The molecule has 0 saturated carbocycles. The SMILES string of the molecule is Cc1cc(CNC(C)C)nc(-c2ccc(F)cn2)n1. The van der Waals surface area contributed by atoms with E-state index >= 15 is 0 Å². The molecule has 0 amide bonds. The van der Waals surface area contributed by atoms with Gasteiger partial charge in [-0.25, -0.2) is 19.3 Å². The largest absolute Gasteiger partial charge is 0.309 e. The first-order chi connectivity index (χ1) is 9.04. The average Bonchev–Trinajstić information content (AvgIpc) is 2.36. The highest BCUT2D eigenvalue weighted by Gasteiger charge is 2.07. The number of nitrogens with zero attached hydrogens (tertiary/aromatic N) is 3. The van der Waals surface area contributed by atoms with E-state index in [2.05, 4.69) is 34.1 Å². The van der Waals surface area contributed by atoms with Crippen molar-refractivity contribution in [3.63, 3.8) is 0 Å². The standard InChI is InChI=1S/C14H17FN4/c1-9(2)16-8-12-6-10(3)18-14(19-12)13-5-4-11(15)7-17-13/h4-7,9,16H,8H2,1-3H3. The number of hydrogen-bond donors (Lipinski definition) is 1. The van der Waals surface area contributed by atoms with Gasteiger partial charge in [0.1, 0.15) is 11.5 Å². The van der Waals surface area contributed by atoms with E-state index in [1.807, 2.05) is 13.0 Å². The smallest absolute Gasteiger partial charge is 0.178 e. The van der Waals surface area contributed by atoms with Crippen molar-refractivity contribution in [1.82, 2.24) is 20.3 Å². The Morgan fingerprint density at radius 2 is 2.05 bits per heavy atom. The van der Waals surface area contributed by atoms with Gasteiger partial charge in [-0.1, -0.05) is 13.8 Å². The molecule has 0 aliphatic rings. The lowest BCUT2D eigenvalue weighted by molar-refractivity contribution is 0.580. The minimum Gasteiger partial charge on any atom is -0.309 e. The number of rotatable bonds is 4. The second kappa shape index (κ2) is 5.84. The maximum atomic E-state index is 12.9. The first-order valence-electron chi connectivity index (χ1n) is 6.24. The summed E-state index contributed by atoms with van der Waals surface area (Å²) in [5.41, 5.74) is 2.36. The maximum Gasteiger partial charge on any atom is 0.178 e. The molecule has 0 aliphatic carbocycles. The molecule has 2 heterocycles. The van der Waals surface area contributed by atoms with E-state index < -0.39 is 0 Å².